The van der Waals surface area contributed by atoms with Crippen LogP contribution in [-0.4, -0.2) is 90.3 Å². The summed E-state index contributed by atoms with van der Waals surface area (Å²) in [5.41, 5.74) is 2.07. The van der Waals surface area contributed by atoms with Gasteiger partial charge in [0.05, 0.1) is 34.9 Å². The minimum Gasteiger partial charge on any atom is -0.612 e. The number of anilines is 1. The third-order valence-corrected chi connectivity index (χ3v) is 10.0. The molecule has 0 bridgehead atoms. The number of nitrogen functional groups attached to an aromatic ring is 1. The number of hydrogen-bond donors (Lipinski definition) is 5. The van der Waals surface area contributed by atoms with E-state index in [1.54, 1.807) is 0 Å². The third kappa shape index (κ3) is 6.27. The van der Waals surface area contributed by atoms with E-state index in [9.17, 15) is 54.1 Å². The number of allylic oxidation sites excluding steroid dienone is 2. The van der Waals surface area contributed by atoms with Gasteiger partial charge in [-0.1, -0.05) is 0 Å². The van der Waals surface area contributed by atoms with Crippen LogP contribution in [0.2, 0.25) is 0 Å². The topological polar surface area (TPSA) is 393 Å². The number of nitro groups is 2. The Bertz CT molecular complexity index is 1830. The minimum atomic E-state index is -5.94. The van der Waals surface area contributed by atoms with E-state index in [1.807, 2.05) is 0 Å². The molecule has 5 rings (SSSR count). The monoisotopic (exact) mass is 717 g/mol. The number of rotatable bonds is 10. The quantitative estimate of drug-likeness (QED) is 0.0843. The molecule has 2 aliphatic heterocycles. The normalized spacial score (nSPS) is 28.7. The summed E-state index contributed by atoms with van der Waals surface area (Å²) in [6.07, 6.45) is -3.91. The van der Waals surface area contributed by atoms with Crippen LogP contribution >= 0.6 is 23.5 Å². The van der Waals surface area contributed by atoms with Gasteiger partial charge in [-0.25, -0.2) is 28.6 Å². The van der Waals surface area contributed by atoms with Crippen LogP contribution < -0.4 is 5.73 Å². The van der Waals surface area contributed by atoms with Crippen molar-refractivity contribution in [3.05, 3.63) is 66.8 Å². The predicted molar refractivity (Wildman–Crippen MR) is 138 cm³/mol. The molecule has 0 radical (unpaired) electrons. The summed E-state index contributed by atoms with van der Waals surface area (Å²) in [7, 11) is -17.4. The van der Waals surface area contributed by atoms with Crippen molar-refractivity contribution in [2.24, 2.45) is 0 Å². The number of nitrogens with two attached hydrogens (primary N) is 1. The third-order valence-electron chi connectivity index (χ3n) is 6.22. The fourth-order valence-electron chi connectivity index (χ4n) is 4.61. The molecule has 6 atom stereocenters. The van der Waals surface area contributed by atoms with Crippen LogP contribution in [0.1, 0.15) is 6.23 Å². The Balaban J connectivity index is 1.54. The molecule has 6 unspecified atom stereocenters. The fraction of sp³-hybridized carbons (Fsp3) is 0.375. The first-order chi connectivity index (χ1) is 21.2. The molecular weight excluding hydrogens is 701 g/mol. The zero-order chi connectivity index (χ0) is 34.0. The summed E-state index contributed by atoms with van der Waals surface area (Å²) in [6, 6.07) is 0. The molecule has 0 amide bonds. The van der Waals surface area contributed by atoms with Gasteiger partial charge in [-0.15, -0.1) is 0 Å². The molecule has 2 aromatic heterocycles. The lowest BCUT2D eigenvalue weighted by molar-refractivity contribution is -0.499. The Morgan fingerprint density at radius 1 is 0.935 bits per heavy atom. The number of phosphoric acid groups is 3. The first-order valence-corrected chi connectivity index (χ1v) is 16.2. The van der Waals surface area contributed by atoms with Crippen LogP contribution in [0.15, 0.2) is 36.2 Å². The Labute approximate surface area is 251 Å². The number of hydrogen-bond acceptors (Lipinski definition) is 19. The van der Waals surface area contributed by atoms with Crippen molar-refractivity contribution in [1.29, 1.82) is 0 Å². The first kappa shape index (κ1) is 33.6. The first-order valence-electron chi connectivity index (χ1n) is 11.7. The van der Waals surface area contributed by atoms with Crippen molar-refractivity contribution < 1.29 is 75.4 Å². The van der Waals surface area contributed by atoms with Crippen molar-refractivity contribution in [2.45, 2.75) is 30.3 Å². The van der Waals surface area contributed by atoms with Crippen LogP contribution in [0.25, 0.3) is 11.2 Å². The van der Waals surface area contributed by atoms with E-state index in [-0.39, 0.29) is 17.0 Å². The second-order valence-electron chi connectivity index (χ2n) is 9.07. The minimum absolute atomic E-state index is 0.00707. The van der Waals surface area contributed by atoms with Gasteiger partial charge < -0.3 is 49.9 Å². The average Bonchev–Trinajstić information content (AvgIpc) is 3.58. The molecular formula is C16H16N8O19P3-. The maximum atomic E-state index is 12.4. The standard InChI is InChI=1S/C16H16N8O19P3/c17-13-10-14(19-4-18-13)21(5-20-10)15-12-11(7(39-15)3-38-45(34,35)43-46(36,37)42-44(31,32)33)40-16(41-12)8(23(27)28)1-6(22(25)26)2-9(16)24(29)30/h1-2,4-5,7,11-12,15H,3H2,(H6-,17,18,19,25,26,31,32,33,34,35,36,37)/q-1. The smallest absolute Gasteiger partial charge is 0.490 e. The maximum Gasteiger partial charge on any atom is 0.490 e. The van der Waals surface area contributed by atoms with E-state index in [4.69, 9.17) is 29.7 Å². The van der Waals surface area contributed by atoms with Crippen LogP contribution in [0.5, 0.6) is 0 Å². The van der Waals surface area contributed by atoms with Gasteiger partial charge in [0.2, 0.25) is 5.71 Å². The summed E-state index contributed by atoms with van der Waals surface area (Å²) >= 11 is 0. The summed E-state index contributed by atoms with van der Waals surface area (Å²) < 4.78 is 65.2. The Morgan fingerprint density at radius 2 is 1.54 bits per heavy atom. The summed E-state index contributed by atoms with van der Waals surface area (Å²) in [4.78, 5) is 69.0. The highest BCUT2D eigenvalue weighted by atomic mass is 31.3. The van der Waals surface area contributed by atoms with Crippen molar-refractivity contribution in [3.63, 3.8) is 0 Å². The summed E-state index contributed by atoms with van der Waals surface area (Å²) in [6.45, 7) is -1.20. The molecule has 0 saturated carbocycles. The van der Waals surface area contributed by atoms with Crippen LogP contribution in [-0.2, 0) is 41.1 Å². The van der Waals surface area contributed by atoms with Gasteiger partial charge in [0.15, 0.2) is 17.7 Å². The molecule has 6 N–H and O–H groups in total. The van der Waals surface area contributed by atoms with E-state index in [0.717, 1.165) is 17.2 Å². The number of fused-ring (bicyclic) bond motifs is 2. The van der Waals surface area contributed by atoms with Crippen LogP contribution in [0.4, 0.5) is 5.82 Å². The van der Waals surface area contributed by atoms with Gasteiger partial charge in [-0.05, 0) is 0 Å². The molecule has 2 aromatic rings. The average molecular weight is 717 g/mol. The van der Waals surface area contributed by atoms with E-state index in [0.29, 0.717) is 12.2 Å². The molecule has 46 heavy (non-hydrogen) atoms. The van der Waals surface area contributed by atoms with Gasteiger partial charge in [0, 0.05) is 0 Å². The highest BCUT2D eigenvalue weighted by molar-refractivity contribution is 7.66. The Morgan fingerprint density at radius 3 is 2.11 bits per heavy atom. The lowest BCUT2D eigenvalue weighted by Gasteiger charge is -2.28. The number of phosphoric ester groups is 1. The molecule has 4 heterocycles. The molecule has 2 saturated heterocycles. The molecule has 0 aromatic carbocycles. The molecule has 30 heteroatoms. The van der Waals surface area contributed by atoms with Gasteiger partial charge in [-0.2, -0.15) is 13.5 Å². The number of nitrogens with zero attached hydrogens (tertiary/aromatic N) is 7. The SMILES string of the molecule is Nc1ncnc2c1ncn2C1OC(COP(=O)(O)OP(=O)(O)OP(=O)(O)O)C2OC3(OC21)C([N+](=O)[O-])=CC(=[N+]([O-])[O-])C=C3[N+](=O)[O-]. The largest absolute Gasteiger partial charge is 0.612 e. The van der Waals surface area contributed by atoms with E-state index >= 15 is 0 Å². The lowest BCUT2D eigenvalue weighted by atomic mass is 10.0. The molecule has 27 nitrogen and oxygen atoms in total. The van der Waals surface area contributed by atoms with Crippen LogP contribution in [0, 0.1) is 30.6 Å². The molecule has 1 spiro atoms. The molecule has 250 valence electrons. The zero-order valence-electron chi connectivity index (χ0n) is 21.8. The lowest BCUT2D eigenvalue weighted by Crippen LogP contribution is -2.46. The van der Waals surface area contributed by atoms with Gasteiger partial charge >= 0.3 is 40.6 Å². The van der Waals surface area contributed by atoms with Crippen molar-refractivity contribution >= 4 is 46.2 Å². The molecule has 2 fully saturated rings. The van der Waals surface area contributed by atoms with Crippen molar-refractivity contribution in [3.8, 4) is 0 Å². The highest BCUT2D eigenvalue weighted by Gasteiger charge is 2.70. The van der Waals surface area contributed by atoms with E-state index in [2.05, 4.69) is 28.1 Å². The van der Waals surface area contributed by atoms with E-state index < -0.39 is 92.3 Å². The van der Waals surface area contributed by atoms with Gasteiger partial charge in [0.1, 0.15) is 30.2 Å². The molecule has 3 aliphatic rings. The number of aromatic nitrogens is 4. The number of imidazole rings is 1. The van der Waals surface area contributed by atoms with Gasteiger partial charge in [-0.3, -0.25) is 29.3 Å². The zero-order valence-corrected chi connectivity index (χ0v) is 24.5. The summed E-state index contributed by atoms with van der Waals surface area (Å²) in [5.74, 6) is -3.17. The second-order valence-corrected chi connectivity index (χ2v) is 13.5. The van der Waals surface area contributed by atoms with E-state index in [1.165, 1.54) is 0 Å². The van der Waals surface area contributed by atoms with Crippen LogP contribution in [0.3, 0.4) is 0 Å². The Hall–Kier alpha value is -3.81. The highest BCUT2D eigenvalue weighted by Crippen LogP contribution is 2.66. The number of ether oxygens (including phenoxy) is 3. The molecule has 1 aliphatic carbocycles. The summed E-state index contributed by atoms with van der Waals surface area (Å²) in [5, 5.41) is 46.9. The predicted octanol–water partition coefficient (Wildman–Crippen LogP) is -1.09. The second kappa shape index (κ2) is 11.5. The van der Waals surface area contributed by atoms with Crippen molar-refractivity contribution in [2.75, 3.05) is 12.3 Å². The maximum absolute atomic E-state index is 12.4. The van der Waals surface area contributed by atoms with Crippen molar-refractivity contribution in [1.82, 2.24) is 19.5 Å². The van der Waals surface area contributed by atoms with Gasteiger partial charge in [0.25, 0.3) is 0 Å². The fourth-order valence-corrected chi connectivity index (χ4v) is 7.64. The Kier molecular flexibility index (Phi) is 8.36.